The fourth-order valence-corrected chi connectivity index (χ4v) is 6.06. The standard InChI is InChI=1S/C23H26N4O3S2/c1-14-6-4-10-26-20(14)25-19(24-13-16-9-5-11-30-16)17(21(26)28)12-18-22(29)27(23(31)32-18)15-7-2-3-8-15/h4,6,10,12,15-16,24H,2-3,5,7-9,11,13H2,1H3/b18-12-/t16-/m0/s1. The van der Waals surface area contributed by atoms with Gasteiger partial charge in [-0.25, -0.2) is 4.98 Å². The number of thiocarbonyl (C=S) groups is 1. The predicted molar refractivity (Wildman–Crippen MR) is 131 cm³/mol. The number of hydrogen-bond acceptors (Lipinski definition) is 7. The van der Waals surface area contributed by atoms with Gasteiger partial charge in [-0.15, -0.1) is 0 Å². The summed E-state index contributed by atoms with van der Waals surface area (Å²) in [6, 6.07) is 3.93. The van der Waals surface area contributed by atoms with E-state index in [1.165, 1.54) is 16.2 Å². The van der Waals surface area contributed by atoms with E-state index >= 15 is 0 Å². The predicted octanol–water partition coefficient (Wildman–Crippen LogP) is 3.74. The van der Waals surface area contributed by atoms with Gasteiger partial charge < -0.3 is 10.1 Å². The fourth-order valence-electron chi connectivity index (χ4n) is 4.68. The summed E-state index contributed by atoms with van der Waals surface area (Å²) in [5.74, 6) is 0.372. The number of aryl methyl sites for hydroxylation is 1. The number of rotatable bonds is 5. The van der Waals surface area contributed by atoms with Gasteiger partial charge in [0, 0.05) is 25.4 Å². The van der Waals surface area contributed by atoms with Crippen molar-refractivity contribution in [3.05, 3.63) is 44.7 Å². The highest BCUT2D eigenvalue weighted by molar-refractivity contribution is 8.26. The van der Waals surface area contributed by atoms with Crippen molar-refractivity contribution in [3.63, 3.8) is 0 Å². The van der Waals surface area contributed by atoms with E-state index in [0.717, 1.165) is 50.7 Å². The minimum absolute atomic E-state index is 0.0977. The van der Waals surface area contributed by atoms with Gasteiger partial charge >= 0.3 is 0 Å². The third-order valence-electron chi connectivity index (χ3n) is 6.39. The van der Waals surface area contributed by atoms with E-state index in [1.807, 2.05) is 19.1 Å². The van der Waals surface area contributed by atoms with E-state index in [2.05, 4.69) is 5.32 Å². The van der Waals surface area contributed by atoms with Crippen molar-refractivity contribution in [2.24, 2.45) is 0 Å². The minimum Gasteiger partial charge on any atom is -0.376 e. The highest BCUT2D eigenvalue weighted by Crippen LogP contribution is 2.38. The molecule has 168 valence electrons. The molecule has 2 aromatic rings. The lowest BCUT2D eigenvalue weighted by Gasteiger charge is -2.21. The first-order valence-corrected chi connectivity index (χ1v) is 12.4. The molecule has 1 amide bonds. The molecule has 2 saturated heterocycles. The lowest BCUT2D eigenvalue weighted by atomic mass is 10.2. The third kappa shape index (κ3) is 3.97. The maximum absolute atomic E-state index is 13.5. The maximum atomic E-state index is 13.5. The van der Waals surface area contributed by atoms with Gasteiger partial charge in [0.2, 0.25) is 0 Å². The number of nitrogens with zero attached hydrogens (tertiary/aromatic N) is 3. The number of carbonyl (C=O) groups excluding carboxylic acids is 1. The third-order valence-corrected chi connectivity index (χ3v) is 7.72. The number of aromatic nitrogens is 2. The molecule has 0 unspecified atom stereocenters. The Labute approximate surface area is 196 Å². The number of ether oxygens (including phenoxy) is 1. The van der Waals surface area contributed by atoms with Gasteiger partial charge in [0.15, 0.2) is 0 Å². The molecular weight excluding hydrogens is 444 g/mol. The van der Waals surface area contributed by atoms with Crippen LogP contribution in [0, 0.1) is 6.92 Å². The molecule has 2 aromatic heterocycles. The van der Waals surface area contributed by atoms with Crippen LogP contribution in [0.15, 0.2) is 28.0 Å². The van der Waals surface area contributed by atoms with Gasteiger partial charge in [-0.1, -0.05) is 42.9 Å². The van der Waals surface area contributed by atoms with Crippen LogP contribution >= 0.6 is 24.0 Å². The van der Waals surface area contributed by atoms with Crippen LogP contribution in [0.4, 0.5) is 5.82 Å². The van der Waals surface area contributed by atoms with Gasteiger partial charge in [0.05, 0.1) is 16.6 Å². The second-order valence-corrected chi connectivity index (χ2v) is 10.2. The van der Waals surface area contributed by atoms with Gasteiger partial charge in [-0.05, 0) is 50.3 Å². The highest BCUT2D eigenvalue weighted by Gasteiger charge is 2.38. The molecule has 2 aliphatic heterocycles. The number of thioether (sulfide) groups is 1. The molecule has 0 radical (unpaired) electrons. The molecule has 32 heavy (non-hydrogen) atoms. The summed E-state index contributed by atoms with van der Waals surface area (Å²) in [4.78, 5) is 33.6. The van der Waals surface area contributed by atoms with Crippen LogP contribution in [0.2, 0.25) is 0 Å². The Kier molecular flexibility index (Phi) is 6.05. The van der Waals surface area contributed by atoms with Crippen LogP contribution in [-0.2, 0) is 9.53 Å². The monoisotopic (exact) mass is 470 g/mol. The van der Waals surface area contributed by atoms with Crippen LogP contribution in [0.25, 0.3) is 11.7 Å². The highest BCUT2D eigenvalue weighted by atomic mass is 32.2. The largest absolute Gasteiger partial charge is 0.376 e. The van der Waals surface area contributed by atoms with Gasteiger partial charge in [0.25, 0.3) is 11.5 Å². The second kappa shape index (κ2) is 8.96. The van der Waals surface area contributed by atoms with E-state index in [4.69, 9.17) is 21.9 Å². The Morgan fingerprint density at radius 3 is 2.84 bits per heavy atom. The average molecular weight is 471 g/mol. The van der Waals surface area contributed by atoms with Crippen molar-refractivity contribution in [1.29, 1.82) is 0 Å². The smallest absolute Gasteiger partial charge is 0.267 e. The van der Waals surface area contributed by atoms with Gasteiger partial charge in [-0.3, -0.25) is 18.9 Å². The first-order chi connectivity index (χ1) is 15.5. The average Bonchev–Trinajstić information content (AvgIpc) is 3.52. The zero-order valence-electron chi connectivity index (χ0n) is 18.0. The van der Waals surface area contributed by atoms with Crippen molar-refractivity contribution in [3.8, 4) is 0 Å². The van der Waals surface area contributed by atoms with E-state index < -0.39 is 0 Å². The molecule has 3 fully saturated rings. The molecule has 7 nitrogen and oxygen atoms in total. The Morgan fingerprint density at radius 2 is 2.09 bits per heavy atom. The van der Waals surface area contributed by atoms with Crippen molar-refractivity contribution in [1.82, 2.24) is 14.3 Å². The van der Waals surface area contributed by atoms with Crippen molar-refractivity contribution >= 4 is 51.7 Å². The number of amides is 1. The number of nitrogens with one attached hydrogen (secondary N) is 1. The molecule has 1 aliphatic carbocycles. The summed E-state index contributed by atoms with van der Waals surface area (Å²) in [6.07, 6.45) is 9.69. The SMILES string of the molecule is Cc1cccn2c(=O)c(/C=C3\SC(=S)N(C4CCCC4)C3=O)c(NC[C@@H]3CCCO3)nc12. The number of carbonyl (C=O) groups is 1. The number of hydrogen-bond donors (Lipinski definition) is 1. The summed E-state index contributed by atoms with van der Waals surface area (Å²) < 4.78 is 7.83. The molecule has 1 saturated carbocycles. The lowest BCUT2D eigenvalue weighted by molar-refractivity contribution is -0.123. The van der Waals surface area contributed by atoms with Crippen molar-refractivity contribution in [2.45, 2.75) is 57.6 Å². The number of fused-ring (bicyclic) bond motifs is 1. The molecule has 1 atom stereocenters. The summed E-state index contributed by atoms with van der Waals surface area (Å²) in [6.45, 7) is 3.26. The van der Waals surface area contributed by atoms with Gasteiger partial charge in [0.1, 0.15) is 15.8 Å². The van der Waals surface area contributed by atoms with E-state index in [-0.39, 0.29) is 23.6 Å². The van der Waals surface area contributed by atoms with Crippen molar-refractivity contribution < 1.29 is 9.53 Å². The van der Waals surface area contributed by atoms with Crippen LogP contribution in [0.1, 0.15) is 49.7 Å². The number of pyridine rings is 1. The topological polar surface area (TPSA) is 75.9 Å². The normalized spacial score (nSPS) is 23.2. The molecule has 5 rings (SSSR count). The van der Waals surface area contributed by atoms with Crippen LogP contribution < -0.4 is 10.9 Å². The molecule has 0 bridgehead atoms. The van der Waals surface area contributed by atoms with Crippen LogP contribution in [-0.4, -0.2) is 49.8 Å². The first kappa shape index (κ1) is 21.6. The van der Waals surface area contributed by atoms with Gasteiger partial charge in [-0.2, -0.15) is 0 Å². The second-order valence-electron chi connectivity index (χ2n) is 8.57. The summed E-state index contributed by atoms with van der Waals surface area (Å²) in [5.41, 5.74) is 1.67. The number of anilines is 1. The first-order valence-electron chi connectivity index (χ1n) is 11.2. The summed E-state index contributed by atoms with van der Waals surface area (Å²) in [5, 5.41) is 3.32. The zero-order valence-corrected chi connectivity index (χ0v) is 19.6. The molecule has 1 N–H and O–H groups in total. The minimum atomic E-state index is -0.209. The Bertz CT molecular complexity index is 1160. The Morgan fingerprint density at radius 1 is 1.28 bits per heavy atom. The summed E-state index contributed by atoms with van der Waals surface area (Å²) >= 11 is 6.80. The Balaban J connectivity index is 1.55. The van der Waals surface area contributed by atoms with E-state index in [0.29, 0.717) is 32.8 Å². The maximum Gasteiger partial charge on any atom is 0.267 e. The molecule has 0 spiro atoms. The van der Waals surface area contributed by atoms with E-state index in [9.17, 15) is 9.59 Å². The quantitative estimate of drug-likeness (QED) is 0.527. The summed E-state index contributed by atoms with van der Waals surface area (Å²) in [7, 11) is 0. The zero-order chi connectivity index (χ0) is 22.2. The molecule has 4 heterocycles. The molecule has 9 heteroatoms. The van der Waals surface area contributed by atoms with Crippen LogP contribution in [0.3, 0.4) is 0 Å². The Hall–Kier alpha value is -2.23. The molecule has 0 aromatic carbocycles. The molecule has 3 aliphatic rings. The van der Waals surface area contributed by atoms with E-state index in [1.54, 1.807) is 17.2 Å². The molecular formula is C23H26N4O3S2. The van der Waals surface area contributed by atoms with Crippen LogP contribution in [0.5, 0.6) is 0 Å². The van der Waals surface area contributed by atoms with Crippen molar-refractivity contribution in [2.75, 3.05) is 18.5 Å². The fraction of sp³-hybridized carbons (Fsp3) is 0.478. The lowest BCUT2D eigenvalue weighted by Crippen LogP contribution is -2.36.